The second-order valence-corrected chi connectivity index (χ2v) is 10.0. The second-order valence-electron chi connectivity index (χ2n) is 10.0. The molecule has 2 heteroatoms. The maximum absolute atomic E-state index is 11.9. The molecule has 0 bridgehead atoms. The number of rotatable bonds is 3. The first-order valence-electron chi connectivity index (χ1n) is 10.7. The normalized spacial score (nSPS) is 45.2. The van der Waals surface area contributed by atoms with Crippen molar-refractivity contribution in [2.45, 2.75) is 72.1 Å². The lowest BCUT2D eigenvalue weighted by molar-refractivity contribution is -0.116. The molecule has 0 unspecified atom stereocenters. The number of hydrogen-bond acceptors (Lipinski definition) is 2. The summed E-state index contributed by atoms with van der Waals surface area (Å²) in [6.07, 6.45) is 15.5. The van der Waals surface area contributed by atoms with E-state index < -0.39 is 0 Å². The van der Waals surface area contributed by atoms with Gasteiger partial charge < -0.3 is 0 Å². The van der Waals surface area contributed by atoms with Crippen molar-refractivity contribution >= 4 is 5.78 Å². The van der Waals surface area contributed by atoms with Crippen molar-refractivity contribution in [1.29, 1.82) is 5.26 Å². The number of carbonyl (C=O) groups excluding carboxylic acids is 1. The van der Waals surface area contributed by atoms with Gasteiger partial charge in [-0.3, -0.25) is 4.79 Å². The van der Waals surface area contributed by atoms with Crippen LogP contribution in [0.15, 0.2) is 23.8 Å². The van der Waals surface area contributed by atoms with Crippen LogP contribution in [-0.2, 0) is 4.79 Å². The van der Waals surface area contributed by atoms with Crippen LogP contribution in [0.4, 0.5) is 0 Å². The Morgan fingerprint density at radius 2 is 2.04 bits per heavy atom. The molecule has 26 heavy (non-hydrogen) atoms. The molecule has 0 aromatic carbocycles. The molecule has 0 N–H and O–H groups in total. The first-order chi connectivity index (χ1) is 12.4. The summed E-state index contributed by atoms with van der Waals surface area (Å²) in [5, 5.41) is 8.98. The third-order valence-corrected chi connectivity index (χ3v) is 8.99. The topological polar surface area (TPSA) is 40.9 Å². The molecule has 0 amide bonds. The number of ketones is 1. The maximum Gasteiger partial charge on any atom is 0.156 e. The summed E-state index contributed by atoms with van der Waals surface area (Å²) in [5.41, 5.74) is 1.94. The minimum atomic E-state index is 0.208. The molecule has 4 aliphatic rings. The van der Waals surface area contributed by atoms with Crippen molar-refractivity contribution in [2.75, 3.05) is 0 Å². The Morgan fingerprint density at radius 3 is 2.81 bits per heavy atom. The average molecular weight is 352 g/mol. The largest absolute Gasteiger partial charge is 0.295 e. The number of nitrogens with zero attached hydrogens (tertiary/aromatic N) is 1. The van der Waals surface area contributed by atoms with E-state index >= 15 is 0 Å². The van der Waals surface area contributed by atoms with E-state index in [0.29, 0.717) is 35.4 Å². The van der Waals surface area contributed by atoms with E-state index in [1.165, 1.54) is 31.3 Å². The van der Waals surface area contributed by atoms with Gasteiger partial charge in [0.2, 0.25) is 0 Å². The minimum Gasteiger partial charge on any atom is -0.295 e. The molecule has 4 aliphatic carbocycles. The second kappa shape index (κ2) is 6.36. The van der Waals surface area contributed by atoms with Gasteiger partial charge in [0.05, 0.1) is 6.07 Å². The van der Waals surface area contributed by atoms with Gasteiger partial charge in [-0.25, -0.2) is 0 Å². The number of carbonyl (C=O) groups is 1. The molecule has 0 heterocycles. The zero-order chi connectivity index (χ0) is 18.5. The summed E-state index contributed by atoms with van der Waals surface area (Å²) >= 11 is 0. The monoisotopic (exact) mass is 351 g/mol. The van der Waals surface area contributed by atoms with Crippen molar-refractivity contribution in [1.82, 2.24) is 0 Å². The predicted octanol–water partition coefficient (Wildman–Crippen LogP) is 5.85. The Bertz CT molecular complexity index is 697. The van der Waals surface area contributed by atoms with Crippen molar-refractivity contribution in [3.05, 3.63) is 23.8 Å². The van der Waals surface area contributed by atoms with E-state index in [2.05, 4.69) is 39.0 Å². The Balaban J connectivity index is 1.62. The fraction of sp³-hybridized carbons (Fsp3) is 0.750. The summed E-state index contributed by atoms with van der Waals surface area (Å²) < 4.78 is 0. The smallest absolute Gasteiger partial charge is 0.156 e. The third-order valence-electron chi connectivity index (χ3n) is 8.99. The van der Waals surface area contributed by atoms with Gasteiger partial charge in [0, 0.05) is 12.8 Å². The molecule has 4 rings (SSSR count). The van der Waals surface area contributed by atoms with Crippen LogP contribution >= 0.6 is 0 Å². The summed E-state index contributed by atoms with van der Waals surface area (Å²) in [5.74, 6) is 3.91. The summed E-state index contributed by atoms with van der Waals surface area (Å²) in [6.45, 7) is 7.37. The van der Waals surface area contributed by atoms with Crippen LogP contribution in [0.1, 0.15) is 72.1 Å². The molecule has 2 fully saturated rings. The van der Waals surface area contributed by atoms with Gasteiger partial charge >= 0.3 is 0 Å². The number of hydrogen-bond donors (Lipinski definition) is 0. The SMILES string of the molecule is C[C@H](CCC#N)[C@H]1CC[C@H]2[C@@H]3C=CC4=CC(=O)CC[C@]4(C)[C@H]3CC[C@]12C. The standard InChI is InChI=1S/C24H33NO/c1-16(5-4-14-25)20-8-9-21-19-7-6-17-15-18(26)10-12-23(17,2)22(19)11-13-24(20,21)3/h6-7,15-16,19-22H,4-5,8-13H2,1-3H3/t16-,19+,20-,21+,22+,23+,24-/m1/s1. The molecule has 140 valence electrons. The fourth-order valence-electron chi connectivity index (χ4n) is 7.47. The Hall–Kier alpha value is -1.36. The van der Waals surface area contributed by atoms with Crippen LogP contribution in [0.3, 0.4) is 0 Å². The molecule has 0 radical (unpaired) electrons. The molecule has 2 saturated carbocycles. The Kier molecular flexibility index (Phi) is 4.41. The predicted molar refractivity (Wildman–Crippen MR) is 104 cm³/mol. The molecular weight excluding hydrogens is 318 g/mol. The highest BCUT2D eigenvalue weighted by molar-refractivity contribution is 5.92. The van der Waals surface area contributed by atoms with Gasteiger partial charge in [0.1, 0.15) is 0 Å². The molecule has 2 nitrogen and oxygen atoms in total. The van der Waals surface area contributed by atoms with Crippen LogP contribution in [0, 0.1) is 51.8 Å². The first-order valence-corrected chi connectivity index (χ1v) is 10.7. The highest BCUT2D eigenvalue weighted by Crippen LogP contribution is 2.66. The van der Waals surface area contributed by atoms with Gasteiger partial charge in [0.25, 0.3) is 0 Å². The number of nitriles is 1. The van der Waals surface area contributed by atoms with E-state index in [1.54, 1.807) is 0 Å². The van der Waals surface area contributed by atoms with Crippen LogP contribution in [-0.4, -0.2) is 5.78 Å². The van der Waals surface area contributed by atoms with E-state index in [4.69, 9.17) is 5.26 Å². The minimum absolute atomic E-state index is 0.208. The molecule has 0 saturated heterocycles. The summed E-state index contributed by atoms with van der Waals surface area (Å²) in [4.78, 5) is 11.9. The van der Waals surface area contributed by atoms with Gasteiger partial charge in [-0.2, -0.15) is 5.26 Å². The Labute approximate surface area is 158 Å². The highest BCUT2D eigenvalue weighted by Gasteiger charge is 2.58. The van der Waals surface area contributed by atoms with E-state index in [-0.39, 0.29) is 5.41 Å². The molecule has 0 aromatic rings. The zero-order valence-corrected chi connectivity index (χ0v) is 16.6. The van der Waals surface area contributed by atoms with Gasteiger partial charge in [-0.15, -0.1) is 0 Å². The molecular formula is C24H33NO. The molecule has 0 spiro atoms. The quantitative estimate of drug-likeness (QED) is 0.640. The molecule has 0 aromatic heterocycles. The highest BCUT2D eigenvalue weighted by atomic mass is 16.1. The maximum atomic E-state index is 11.9. The third kappa shape index (κ3) is 2.54. The van der Waals surface area contributed by atoms with Gasteiger partial charge in [-0.1, -0.05) is 32.9 Å². The van der Waals surface area contributed by atoms with E-state index in [1.807, 2.05) is 6.08 Å². The van der Waals surface area contributed by atoms with Crippen molar-refractivity contribution in [3.8, 4) is 6.07 Å². The summed E-state index contributed by atoms with van der Waals surface area (Å²) in [7, 11) is 0. The summed E-state index contributed by atoms with van der Waals surface area (Å²) in [6, 6.07) is 2.35. The number of allylic oxidation sites excluding steroid dienone is 4. The fourth-order valence-corrected chi connectivity index (χ4v) is 7.47. The van der Waals surface area contributed by atoms with Crippen LogP contribution < -0.4 is 0 Å². The number of fused-ring (bicyclic) bond motifs is 5. The van der Waals surface area contributed by atoms with Crippen LogP contribution in [0.2, 0.25) is 0 Å². The average Bonchev–Trinajstić information content (AvgIpc) is 2.97. The lowest BCUT2D eigenvalue weighted by atomic mass is 9.48. The van der Waals surface area contributed by atoms with Crippen molar-refractivity contribution < 1.29 is 4.79 Å². The van der Waals surface area contributed by atoms with Crippen molar-refractivity contribution in [3.63, 3.8) is 0 Å². The Morgan fingerprint density at radius 1 is 1.23 bits per heavy atom. The van der Waals surface area contributed by atoms with E-state index in [9.17, 15) is 4.79 Å². The van der Waals surface area contributed by atoms with Crippen molar-refractivity contribution in [2.24, 2.45) is 40.4 Å². The van der Waals surface area contributed by atoms with Crippen LogP contribution in [0.25, 0.3) is 0 Å². The lowest BCUT2D eigenvalue weighted by Gasteiger charge is -2.56. The first kappa shape index (κ1) is 18.0. The molecule has 0 aliphatic heterocycles. The van der Waals surface area contributed by atoms with Gasteiger partial charge in [-0.05, 0) is 90.6 Å². The lowest BCUT2D eigenvalue weighted by Crippen LogP contribution is -2.49. The molecule has 7 atom stereocenters. The van der Waals surface area contributed by atoms with Gasteiger partial charge in [0.15, 0.2) is 5.78 Å². The van der Waals surface area contributed by atoms with Crippen LogP contribution in [0.5, 0.6) is 0 Å². The zero-order valence-electron chi connectivity index (χ0n) is 16.6. The van der Waals surface area contributed by atoms with E-state index in [0.717, 1.165) is 31.1 Å².